The highest BCUT2D eigenvalue weighted by molar-refractivity contribution is 5.96. The summed E-state index contributed by atoms with van der Waals surface area (Å²) in [6, 6.07) is 3.99. The molecule has 0 aromatic carbocycles. The maximum atomic E-state index is 13.8. The quantitative estimate of drug-likeness (QED) is 0.446. The number of nitrogens with zero attached hydrogens (tertiary/aromatic N) is 3. The lowest BCUT2D eigenvalue weighted by molar-refractivity contribution is -0.142. The van der Waals surface area contributed by atoms with E-state index in [2.05, 4.69) is 40.7 Å². The van der Waals surface area contributed by atoms with Gasteiger partial charge >= 0.3 is 5.97 Å². The first kappa shape index (κ1) is 30.1. The van der Waals surface area contributed by atoms with E-state index in [1.165, 1.54) is 12.8 Å². The van der Waals surface area contributed by atoms with E-state index < -0.39 is 17.4 Å². The molecule has 1 aliphatic heterocycles. The van der Waals surface area contributed by atoms with Crippen LogP contribution in [0.1, 0.15) is 122 Å². The van der Waals surface area contributed by atoms with Crippen LogP contribution in [-0.2, 0) is 15.0 Å². The molecule has 2 aromatic rings. The molecule has 2 fully saturated rings. The minimum atomic E-state index is -0.895. The Morgan fingerprint density at radius 1 is 1.10 bits per heavy atom. The number of hydrogen-bond donors (Lipinski definition) is 1. The van der Waals surface area contributed by atoms with Crippen molar-refractivity contribution in [3.8, 4) is 0 Å². The van der Waals surface area contributed by atoms with Crippen molar-refractivity contribution in [1.29, 1.82) is 0 Å². The van der Waals surface area contributed by atoms with Crippen LogP contribution in [0.5, 0.6) is 0 Å². The molecule has 0 bridgehead atoms. The maximum absolute atomic E-state index is 13.8. The molecule has 0 unspecified atom stereocenters. The molecule has 1 aliphatic carbocycles. The number of pyridine rings is 1. The van der Waals surface area contributed by atoms with Gasteiger partial charge in [0.05, 0.1) is 11.5 Å². The zero-order valence-electron chi connectivity index (χ0n) is 25.6. The number of carbonyl (C=O) groups is 3. The monoisotopic (exact) mass is 553 g/mol. The van der Waals surface area contributed by atoms with E-state index in [1.54, 1.807) is 22.8 Å². The highest BCUT2D eigenvalue weighted by Gasteiger charge is 2.40. The third-order valence-corrected chi connectivity index (χ3v) is 8.99. The highest BCUT2D eigenvalue weighted by atomic mass is 16.4. The molecule has 1 saturated heterocycles. The predicted molar refractivity (Wildman–Crippen MR) is 155 cm³/mol. The lowest BCUT2D eigenvalue weighted by Gasteiger charge is -2.46. The SMILES string of the molecule is C[C@@H](CCC(=O)N1CCN(C(=O)c2cc3nc(C4CCC(C)(C)CC4)cc(C(C)(C)C)c3o2)C(C)(C)C1)C(=O)O. The van der Waals surface area contributed by atoms with Gasteiger partial charge in [0.1, 0.15) is 5.52 Å². The number of furan rings is 1. The molecule has 8 nitrogen and oxygen atoms in total. The van der Waals surface area contributed by atoms with Crippen molar-refractivity contribution in [1.82, 2.24) is 14.8 Å². The van der Waals surface area contributed by atoms with Crippen molar-refractivity contribution in [2.45, 2.75) is 111 Å². The van der Waals surface area contributed by atoms with Gasteiger partial charge in [-0.1, -0.05) is 41.5 Å². The zero-order chi connectivity index (χ0) is 29.6. The molecule has 1 N–H and O–H groups in total. The highest BCUT2D eigenvalue weighted by Crippen LogP contribution is 2.43. The Morgan fingerprint density at radius 2 is 1.75 bits per heavy atom. The van der Waals surface area contributed by atoms with E-state index in [4.69, 9.17) is 14.5 Å². The van der Waals surface area contributed by atoms with Gasteiger partial charge in [-0.15, -0.1) is 0 Å². The number of aromatic nitrogens is 1. The number of carboxylic acids is 1. The van der Waals surface area contributed by atoms with Gasteiger partial charge in [0.2, 0.25) is 5.91 Å². The molecule has 0 spiro atoms. The van der Waals surface area contributed by atoms with Crippen molar-refractivity contribution in [3.05, 3.63) is 29.2 Å². The number of aliphatic carboxylic acids is 1. The fraction of sp³-hybridized carbons (Fsp3) is 0.688. The molecule has 1 saturated carbocycles. The molecule has 3 heterocycles. The van der Waals surface area contributed by atoms with Crippen LogP contribution in [0.15, 0.2) is 16.5 Å². The molecule has 1 atom stereocenters. The average molecular weight is 554 g/mol. The summed E-state index contributed by atoms with van der Waals surface area (Å²) in [5.74, 6) is -1.04. The van der Waals surface area contributed by atoms with E-state index in [9.17, 15) is 14.4 Å². The topological polar surface area (TPSA) is 104 Å². The van der Waals surface area contributed by atoms with E-state index in [0.717, 1.165) is 29.6 Å². The van der Waals surface area contributed by atoms with Gasteiger partial charge in [-0.2, -0.15) is 0 Å². The molecule has 40 heavy (non-hydrogen) atoms. The Balaban J connectivity index is 1.55. The lowest BCUT2D eigenvalue weighted by atomic mass is 9.72. The van der Waals surface area contributed by atoms with Crippen molar-refractivity contribution >= 4 is 28.9 Å². The number of piperazine rings is 1. The fourth-order valence-electron chi connectivity index (χ4n) is 6.11. The average Bonchev–Trinajstić information content (AvgIpc) is 3.29. The number of fused-ring (bicyclic) bond motifs is 1. The summed E-state index contributed by atoms with van der Waals surface area (Å²) in [4.78, 5) is 46.3. The van der Waals surface area contributed by atoms with Crippen LogP contribution in [-0.4, -0.2) is 62.8 Å². The normalized spacial score (nSPS) is 20.5. The van der Waals surface area contributed by atoms with Gasteiger partial charge in [0.15, 0.2) is 11.3 Å². The molecule has 0 radical (unpaired) electrons. The van der Waals surface area contributed by atoms with E-state index in [-0.39, 0.29) is 29.4 Å². The second-order valence-electron chi connectivity index (χ2n) is 14.5. The summed E-state index contributed by atoms with van der Waals surface area (Å²) in [6.45, 7) is 17.9. The first-order valence-electron chi connectivity index (χ1n) is 14.8. The largest absolute Gasteiger partial charge is 0.481 e. The molecule has 2 aliphatic rings. The van der Waals surface area contributed by atoms with Crippen LogP contribution in [0.4, 0.5) is 0 Å². The second kappa shape index (κ2) is 10.8. The van der Waals surface area contributed by atoms with Gasteiger partial charge in [0, 0.05) is 49.3 Å². The van der Waals surface area contributed by atoms with Gasteiger partial charge < -0.3 is 19.3 Å². The lowest BCUT2D eigenvalue weighted by Crippen LogP contribution is -2.62. The Morgan fingerprint density at radius 3 is 2.33 bits per heavy atom. The minimum absolute atomic E-state index is 0.0744. The van der Waals surface area contributed by atoms with Gasteiger partial charge in [-0.3, -0.25) is 14.4 Å². The standard InChI is InChI=1S/C32H47N3O5/c1-20(29(38)39)9-10-26(36)34-15-16-35(32(7,8)19-34)28(37)25-18-24-27(40-25)22(30(2,3)4)17-23(33-24)21-11-13-31(5,6)14-12-21/h17-18,20-21H,9-16,19H2,1-8H3,(H,38,39)/t20-/m0/s1. The number of rotatable bonds is 6. The smallest absolute Gasteiger partial charge is 0.306 e. The third kappa shape index (κ3) is 6.36. The second-order valence-corrected chi connectivity index (χ2v) is 14.5. The molecule has 4 rings (SSSR count). The van der Waals surface area contributed by atoms with Crippen molar-refractivity contribution in [2.75, 3.05) is 19.6 Å². The summed E-state index contributed by atoms with van der Waals surface area (Å²) in [7, 11) is 0. The van der Waals surface area contributed by atoms with Crippen LogP contribution >= 0.6 is 0 Å². The molecule has 2 aromatic heterocycles. The first-order valence-corrected chi connectivity index (χ1v) is 14.8. The zero-order valence-corrected chi connectivity index (χ0v) is 25.6. The Kier molecular flexibility index (Phi) is 8.14. The van der Waals surface area contributed by atoms with Gasteiger partial charge in [0.25, 0.3) is 5.91 Å². The molecule has 2 amide bonds. The molecular weight excluding hydrogens is 506 g/mol. The Bertz CT molecular complexity index is 1280. The van der Waals surface area contributed by atoms with E-state index in [0.29, 0.717) is 43.0 Å². The van der Waals surface area contributed by atoms with Crippen LogP contribution in [0.2, 0.25) is 0 Å². The number of hydrogen-bond acceptors (Lipinski definition) is 5. The Hall–Kier alpha value is -2.90. The van der Waals surface area contributed by atoms with E-state index >= 15 is 0 Å². The molecule has 220 valence electrons. The van der Waals surface area contributed by atoms with Crippen LogP contribution in [0, 0.1) is 11.3 Å². The molecular formula is C32H47N3O5. The van der Waals surface area contributed by atoms with Crippen molar-refractivity contribution in [2.24, 2.45) is 11.3 Å². The van der Waals surface area contributed by atoms with Gasteiger partial charge in [-0.25, -0.2) is 4.98 Å². The van der Waals surface area contributed by atoms with E-state index in [1.807, 2.05) is 13.8 Å². The number of carbonyl (C=O) groups excluding carboxylic acids is 2. The Labute approximate surface area is 238 Å². The van der Waals surface area contributed by atoms with Crippen LogP contribution in [0.3, 0.4) is 0 Å². The maximum Gasteiger partial charge on any atom is 0.306 e. The summed E-state index contributed by atoms with van der Waals surface area (Å²) >= 11 is 0. The van der Waals surface area contributed by atoms with Crippen molar-refractivity contribution < 1.29 is 23.9 Å². The number of carboxylic acid groups (broad SMARTS) is 1. The summed E-state index contributed by atoms with van der Waals surface area (Å²) in [6.07, 6.45) is 5.08. The predicted octanol–water partition coefficient (Wildman–Crippen LogP) is 6.37. The minimum Gasteiger partial charge on any atom is -0.481 e. The number of amides is 2. The summed E-state index contributed by atoms with van der Waals surface area (Å²) < 4.78 is 6.28. The van der Waals surface area contributed by atoms with Crippen LogP contribution in [0.25, 0.3) is 11.1 Å². The van der Waals surface area contributed by atoms with Crippen molar-refractivity contribution in [3.63, 3.8) is 0 Å². The first-order chi connectivity index (χ1) is 18.5. The summed E-state index contributed by atoms with van der Waals surface area (Å²) in [5.41, 5.74) is 3.17. The van der Waals surface area contributed by atoms with Crippen LogP contribution < -0.4 is 0 Å². The van der Waals surface area contributed by atoms with Gasteiger partial charge in [-0.05, 0) is 62.8 Å². The fourth-order valence-corrected chi connectivity index (χ4v) is 6.11. The molecule has 8 heteroatoms. The third-order valence-electron chi connectivity index (χ3n) is 8.99. The summed E-state index contributed by atoms with van der Waals surface area (Å²) in [5, 5.41) is 9.12.